The molecule has 1 fully saturated rings. The lowest BCUT2D eigenvalue weighted by atomic mass is 10.1. The van der Waals surface area contributed by atoms with Gasteiger partial charge in [0, 0.05) is 22.4 Å². The Hall–Kier alpha value is -6.12. The highest BCUT2D eigenvalue weighted by Gasteiger charge is 2.47. The van der Waals surface area contributed by atoms with Crippen molar-refractivity contribution in [2.75, 3.05) is 0 Å². The Morgan fingerprint density at radius 1 is 0.412 bits per heavy atom. The van der Waals surface area contributed by atoms with Crippen LogP contribution in [0.3, 0.4) is 0 Å². The first-order chi connectivity index (χ1) is 23.2. The Kier molecular flexibility index (Phi) is 9.12. The highest BCUT2D eigenvalue weighted by molar-refractivity contribution is 6.10. The SMILES string of the molecule is Cc1cc(C(F)(F)F)nc(/C(C#N)=C2/C(=C(C#N)c3nc(C(F)(F)F)cc(C(F)(F)F)n3)/C2=C(/C#N)c2nc(C(F)(F)F)cc(C(F)(F)F)n2)n1. The summed E-state index contributed by atoms with van der Waals surface area (Å²) in [7, 11) is 0. The third kappa shape index (κ3) is 7.71. The molecule has 9 nitrogen and oxygen atoms in total. The third-order valence-electron chi connectivity index (χ3n) is 6.20. The number of rotatable bonds is 3. The zero-order valence-electron chi connectivity index (χ0n) is 23.9. The molecule has 0 amide bonds. The van der Waals surface area contributed by atoms with Gasteiger partial charge in [-0.05, 0) is 25.1 Å². The first-order valence-electron chi connectivity index (χ1n) is 12.7. The van der Waals surface area contributed by atoms with Gasteiger partial charge in [-0.25, -0.2) is 29.9 Å². The topological polar surface area (TPSA) is 149 Å². The van der Waals surface area contributed by atoms with Crippen LogP contribution in [-0.4, -0.2) is 29.9 Å². The normalized spacial score (nSPS) is 16.9. The maximum atomic E-state index is 13.6. The molecule has 24 heteroatoms. The molecule has 1 saturated carbocycles. The molecule has 0 bridgehead atoms. The van der Waals surface area contributed by atoms with Gasteiger partial charge >= 0.3 is 30.9 Å². The van der Waals surface area contributed by atoms with Crippen molar-refractivity contribution in [3.63, 3.8) is 0 Å². The second-order valence-electron chi connectivity index (χ2n) is 9.72. The van der Waals surface area contributed by atoms with Crippen molar-refractivity contribution >= 4 is 16.7 Å². The van der Waals surface area contributed by atoms with Crippen LogP contribution in [0.15, 0.2) is 34.9 Å². The first kappa shape index (κ1) is 37.7. The minimum absolute atomic E-state index is 0.356. The predicted molar refractivity (Wildman–Crippen MR) is 133 cm³/mol. The Morgan fingerprint density at radius 2 is 0.627 bits per heavy atom. The Morgan fingerprint density at radius 3 is 0.843 bits per heavy atom. The number of nitriles is 3. The summed E-state index contributed by atoms with van der Waals surface area (Å²) in [5.74, 6) is -4.72. The molecule has 264 valence electrons. The van der Waals surface area contributed by atoms with Crippen molar-refractivity contribution in [3.05, 3.63) is 86.6 Å². The predicted octanol–water partition coefficient (Wildman–Crippen LogP) is 7.70. The van der Waals surface area contributed by atoms with E-state index in [1.807, 2.05) is 0 Å². The van der Waals surface area contributed by atoms with Crippen molar-refractivity contribution in [1.29, 1.82) is 15.8 Å². The Balaban J connectivity index is 2.26. The van der Waals surface area contributed by atoms with Crippen molar-refractivity contribution in [2.24, 2.45) is 0 Å². The molecule has 0 N–H and O–H groups in total. The molecule has 3 aromatic heterocycles. The summed E-state index contributed by atoms with van der Waals surface area (Å²) in [5, 5.41) is 29.7. The van der Waals surface area contributed by atoms with Gasteiger partial charge < -0.3 is 0 Å². The number of aryl methyl sites for hydroxylation is 1. The summed E-state index contributed by atoms with van der Waals surface area (Å²) in [4.78, 5) is 18.1. The number of halogens is 15. The van der Waals surface area contributed by atoms with Crippen LogP contribution in [0, 0.1) is 40.9 Å². The van der Waals surface area contributed by atoms with E-state index in [9.17, 15) is 81.6 Å². The molecule has 0 aromatic carbocycles. The molecule has 0 saturated heterocycles. The van der Waals surface area contributed by atoms with Crippen LogP contribution in [0.1, 0.15) is 51.6 Å². The van der Waals surface area contributed by atoms with E-state index in [-0.39, 0.29) is 0 Å². The molecule has 0 atom stereocenters. The van der Waals surface area contributed by atoms with Crippen molar-refractivity contribution in [2.45, 2.75) is 37.8 Å². The lowest BCUT2D eigenvalue weighted by molar-refractivity contribution is -0.149. The van der Waals surface area contributed by atoms with E-state index in [2.05, 4.69) is 29.9 Å². The fraction of sp³-hybridized carbons (Fsp3) is 0.222. The second kappa shape index (κ2) is 12.3. The zero-order valence-corrected chi connectivity index (χ0v) is 23.9. The molecule has 4 rings (SSSR count). The van der Waals surface area contributed by atoms with Gasteiger partial charge in [0.15, 0.2) is 17.5 Å². The van der Waals surface area contributed by atoms with E-state index in [1.165, 1.54) is 6.07 Å². The molecule has 0 unspecified atom stereocenters. The van der Waals surface area contributed by atoms with Gasteiger partial charge in [0.2, 0.25) is 0 Å². The minimum Gasteiger partial charge on any atom is -0.233 e. The van der Waals surface area contributed by atoms with Gasteiger partial charge in [-0.2, -0.15) is 81.6 Å². The number of hydrogen-bond donors (Lipinski definition) is 0. The maximum absolute atomic E-state index is 13.6. The van der Waals surface area contributed by atoms with Gasteiger partial charge in [0.25, 0.3) is 0 Å². The summed E-state index contributed by atoms with van der Waals surface area (Å²) >= 11 is 0. The molecule has 3 heterocycles. The van der Waals surface area contributed by atoms with E-state index in [0.717, 1.165) is 19.1 Å². The Bertz CT molecular complexity index is 2000. The third-order valence-corrected chi connectivity index (χ3v) is 6.20. The molecule has 0 spiro atoms. The minimum atomic E-state index is -5.66. The number of alkyl halides is 15. The number of hydrogen-bond acceptors (Lipinski definition) is 9. The van der Waals surface area contributed by atoms with Gasteiger partial charge in [0.05, 0.1) is 0 Å². The number of aromatic nitrogens is 6. The van der Waals surface area contributed by atoms with E-state index in [4.69, 9.17) is 0 Å². The van der Waals surface area contributed by atoms with Crippen molar-refractivity contribution < 1.29 is 65.9 Å². The smallest absolute Gasteiger partial charge is 0.233 e. The summed E-state index contributed by atoms with van der Waals surface area (Å²) in [5.41, 5.74) is -19.2. The number of nitrogens with zero attached hydrogens (tertiary/aromatic N) is 9. The van der Waals surface area contributed by atoms with E-state index in [1.54, 1.807) is 0 Å². The highest BCUT2D eigenvalue weighted by Crippen LogP contribution is 2.55. The first-order valence-corrected chi connectivity index (χ1v) is 12.7. The van der Waals surface area contributed by atoms with Gasteiger partial charge in [-0.1, -0.05) is 0 Å². The van der Waals surface area contributed by atoms with E-state index < -0.39 is 128 Å². The molecule has 0 aliphatic heterocycles. The van der Waals surface area contributed by atoms with Crippen LogP contribution in [0.25, 0.3) is 16.7 Å². The molecule has 1 aliphatic carbocycles. The van der Waals surface area contributed by atoms with Gasteiger partial charge in [-0.3, -0.25) is 0 Å². The largest absolute Gasteiger partial charge is 0.433 e. The molecular formula is C27H6F15N9. The van der Waals surface area contributed by atoms with Gasteiger partial charge in [0.1, 0.15) is 63.4 Å². The summed E-state index contributed by atoms with van der Waals surface area (Å²) in [6.45, 7) is 0.937. The standard InChI is InChI=1S/C27H6F15N9/c1-8-2-12(23(28,29)30)47-20(46-8)9(5-43)17-18(10(6-44)21-48-13(24(31,32)33)3-14(49-21)25(34,35)36)19(17)11(7-45)22-50-15(26(37,38)39)4-16(51-22)27(40,41)42/h2-4H,1H3/b17-9-,18-10?,19-11-. The maximum Gasteiger partial charge on any atom is 0.433 e. The van der Waals surface area contributed by atoms with Crippen LogP contribution in [0.4, 0.5) is 65.9 Å². The average Bonchev–Trinajstić information content (AvgIpc) is 3.69. The lowest BCUT2D eigenvalue weighted by Crippen LogP contribution is -2.17. The average molecular weight is 741 g/mol. The quantitative estimate of drug-likeness (QED) is 0.194. The summed E-state index contributed by atoms with van der Waals surface area (Å²) < 4.78 is 203. The van der Waals surface area contributed by atoms with Crippen LogP contribution in [0.2, 0.25) is 0 Å². The van der Waals surface area contributed by atoms with Crippen LogP contribution in [0.5, 0.6) is 0 Å². The molecule has 1 aliphatic rings. The van der Waals surface area contributed by atoms with Crippen LogP contribution >= 0.6 is 0 Å². The van der Waals surface area contributed by atoms with Crippen LogP contribution < -0.4 is 0 Å². The van der Waals surface area contributed by atoms with E-state index >= 15 is 0 Å². The fourth-order valence-corrected chi connectivity index (χ4v) is 4.12. The van der Waals surface area contributed by atoms with Crippen molar-refractivity contribution in [1.82, 2.24) is 29.9 Å². The Labute approximate surface area is 271 Å². The molecule has 0 radical (unpaired) electrons. The summed E-state index contributed by atoms with van der Waals surface area (Å²) in [6, 6.07) is 2.61. The van der Waals surface area contributed by atoms with Gasteiger partial charge in [-0.15, -0.1) is 0 Å². The number of allylic oxidation sites excluding steroid dienone is 6. The lowest BCUT2D eigenvalue weighted by Gasteiger charge is -2.12. The summed E-state index contributed by atoms with van der Waals surface area (Å²) in [6.07, 6.45) is -27.9. The second-order valence-corrected chi connectivity index (χ2v) is 9.72. The van der Waals surface area contributed by atoms with E-state index in [0.29, 0.717) is 6.07 Å². The van der Waals surface area contributed by atoms with Crippen LogP contribution in [-0.2, 0) is 30.9 Å². The highest BCUT2D eigenvalue weighted by atomic mass is 19.4. The molecular weight excluding hydrogens is 735 g/mol. The monoisotopic (exact) mass is 741 g/mol. The van der Waals surface area contributed by atoms with Crippen molar-refractivity contribution in [3.8, 4) is 18.2 Å². The molecule has 51 heavy (non-hydrogen) atoms. The fourth-order valence-electron chi connectivity index (χ4n) is 4.12. The molecule has 3 aromatic rings. The zero-order chi connectivity index (χ0) is 38.6.